The first-order chi connectivity index (χ1) is 29.0. The molecule has 12 nitrogen and oxygen atoms in total. The van der Waals surface area contributed by atoms with Gasteiger partial charge in [0, 0.05) is 51.8 Å². The number of piperidine rings is 1. The minimum Gasteiger partial charge on any atom is -0.492 e. The first-order valence-corrected chi connectivity index (χ1v) is 21.7. The Hall–Kier alpha value is -5.36. The summed E-state index contributed by atoms with van der Waals surface area (Å²) in [4.78, 5) is 56.8. The Morgan fingerprint density at radius 2 is 1.21 bits per heavy atom. The van der Waals surface area contributed by atoms with E-state index in [4.69, 9.17) is 33.2 Å². The number of esters is 4. The molecule has 5 heterocycles. The van der Waals surface area contributed by atoms with E-state index in [2.05, 4.69) is 4.90 Å². The molecule has 4 bridgehead atoms. The molecule has 5 aliphatic heterocycles. The summed E-state index contributed by atoms with van der Waals surface area (Å²) in [7, 11) is 0. The van der Waals surface area contributed by atoms with Gasteiger partial charge in [0.1, 0.15) is 53.2 Å². The zero-order valence-electron chi connectivity index (χ0n) is 35.8. The van der Waals surface area contributed by atoms with Crippen molar-refractivity contribution in [3.05, 3.63) is 77.4 Å². The number of fused-ring (bicyclic) bond motifs is 8. The normalized spacial score (nSPS) is 31.2. The minimum atomic E-state index is -1.41. The molecule has 3 aromatic rings. The van der Waals surface area contributed by atoms with Crippen LogP contribution in [0.25, 0.3) is 11.1 Å². The van der Waals surface area contributed by atoms with Gasteiger partial charge in [0.25, 0.3) is 0 Å². The van der Waals surface area contributed by atoms with Crippen molar-refractivity contribution in [3.8, 4) is 28.7 Å². The van der Waals surface area contributed by atoms with E-state index in [0.717, 1.165) is 53.2 Å². The summed E-state index contributed by atoms with van der Waals surface area (Å²) in [6.07, 6.45) is 4.99. The van der Waals surface area contributed by atoms with Gasteiger partial charge < -0.3 is 33.2 Å². The summed E-state index contributed by atoms with van der Waals surface area (Å²) in [6, 6.07) is 18.4. The Kier molecular flexibility index (Phi) is 8.84. The summed E-state index contributed by atoms with van der Waals surface area (Å²) in [5.41, 5.74) is -1.66. The molecule has 10 rings (SSSR count). The van der Waals surface area contributed by atoms with Crippen molar-refractivity contribution in [1.82, 2.24) is 4.90 Å². The summed E-state index contributed by atoms with van der Waals surface area (Å²) < 4.78 is 43.0. The van der Waals surface area contributed by atoms with E-state index < -0.39 is 62.8 Å². The highest BCUT2D eigenvalue weighted by atomic mass is 16.6. The summed E-state index contributed by atoms with van der Waals surface area (Å²) in [5, 5.41) is 0. The molecule has 4 unspecified atom stereocenters. The predicted octanol–water partition coefficient (Wildman–Crippen LogP) is 8.04. The quantitative estimate of drug-likeness (QED) is 0.117. The van der Waals surface area contributed by atoms with Crippen molar-refractivity contribution >= 4 is 35.0 Å². The van der Waals surface area contributed by atoms with Gasteiger partial charge in [-0.1, -0.05) is 46.2 Å². The zero-order valence-corrected chi connectivity index (χ0v) is 35.8. The molecule has 3 aromatic carbocycles. The number of nitrogens with zero attached hydrogens (tertiary/aromatic N) is 1. The molecular weight excluding hydrogens is 779 g/mol. The van der Waals surface area contributed by atoms with Gasteiger partial charge in [0.05, 0.1) is 0 Å². The van der Waals surface area contributed by atoms with Gasteiger partial charge in [0.15, 0.2) is 16.9 Å². The number of rotatable bonds is 9. The van der Waals surface area contributed by atoms with Crippen LogP contribution in [0.15, 0.2) is 60.7 Å². The molecule has 12 heteroatoms. The molecule has 320 valence electrons. The van der Waals surface area contributed by atoms with Crippen molar-refractivity contribution < 1.29 is 52.3 Å². The lowest BCUT2D eigenvalue weighted by atomic mass is 9.65. The van der Waals surface area contributed by atoms with E-state index in [-0.39, 0.29) is 18.1 Å². The Labute approximate surface area is 355 Å². The average molecular weight is 832 g/mol. The second-order valence-corrected chi connectivity index (χ2v) is 19.4. The number of carbonyl (C=O) groups excluding carboxylic acids is 4. The topological polar surface area (TPSA) is 136 Å². The maximum atomic E-state index is 14.0. The fourth-order valence-electron chi connectivity index (χ4n) is 11.3. The number of hydrogen-bond acceptors (Lipinski definition) is 12. The van der Waals surface area contributed by atoms with Crippen molar-refractivity contribution in [2.24, 2.45) is 21.7 Å². The molecule has 5 atom stereocenters. The van der Waals surface area contributed by atoms with Crippen molar-refractivity contribution in [3.63, 3.8) is 0 Å². The fraction of sp³-hybridized carbons (Fsp3) is 0.510. The van der Waals surface area contributed by atoms with Crippen molar-refractivity contribution in [2.45, 2.75) is 104 Å². The van der Waals surface area contributed by atoms with Crippen LogP contribution in [0.5, 0.6) is 28.7 Å². The number of ether oxygens (including phenoxy) is 7. The summed E-state index contributed by atoms with van der Waals surface area (Å²) >= 11 is 0. The van der Waals surface area contributed by atoms with Crippen molar-refractivity contribution in [2.75, 3.05) is 32.8 Å². The number of hydrogen-bond donors (Lipinski definition) is 0. The standard InChI is InChI=1S/C49H53NO11/c1-44(2)46(5)18-20-48(44,42(53)60-46)40(51)57-31-15-17-34-36(26-31)56-28-35-33-16-14-32(58-41(52)49-21-19-47(6,45(49,3)4)61-43(49)54)27-37(33)59-39(38(34)35)29-10-12-30(13-11-29)55-25-24-50-22-8-7-9-23-50/h10-17,26-27,39H,7-9,18-25,28H2,1-6H3/t39-,46?,47?,48?,49?/m0/s1. The Morgan fingerprint density at radius 3 is 1.75 bits per heavy atom. The molecule has 7 aliphatic rings. The first kappa shape index (κ1) is 39.8. The lowest BCUT2D eigenvalue weighted by Gasteiger charge is -2.36. The molecule has 0 spiro atoms. The third-order valence-electron chi connectivity index (χ3n) is 16.2. The highest BCUT2D eigenvalue weighted by Crippen LogP contribution is 2.67. The second-order valence-electron chi connectivity index (χ2n) is 19.4. The maximum Gasteiger partial charge on any atom is 0.329 e. The lowest BCUT2D eigenvalue weighted by molar-refractivity contribution is -0.168. The first-order valence-electron chi connectivity index (χ1n) is 21.7. The van der Waals surface area contributed by atoms with E-state index in [0.29, 0.717) is 43.8 Å². The Morgan fingerprint density at radius 1 is 0.672 bits per heavy atom. The van der Waals surface area contributed by atoms with E-state index in [1.807, 2.05) is 77.9 Å². The van der Waals surface area contributed by atoms with Crippen LogP contribution in [0.1, 0.15) is 109 Å². The van der Waals surface area contributed by atoms with Gasteiger partial charge in [0.2, 0.25) is 0 Å². The number of carbonyl (C=O) groups is 4. The summed E-state index contributed by atoms with van der Waals surface area (Å²) in [5.74, 6) is -0.0814. The van der Waals surface area contributed by atoms with Crippen LogP contribution in [0.4, 0.5) is 0 Å². The van der Waals surface area contributed by atoms with Gasteiger partial charge in [-0.2, -0.15) is 0 Å². The fourth-order valence-corrected chi connectivity index (χ4v) is 11.3. The Balaban J connectivity index is 0.960. The summed E-state index contributed by atoms with van der Waals surface area (Å²) in [6.45, 7) is 15.2. The van der Waals surface area contributed by atoms with Crippen molar-refractivity contribution in [1.29, 1.82) is 0 Å². The van der Waals surface area contributed by atoms with Gasteiger partial charge in [-0.05, 0) is 107 Å². The molecular formula is C49H53NO11. The predicted molar refractivity (Wildman–Crippen MR) is 222 cm³/mol. The third kappa shape index (κ3) is 5.52. The van der Waals surface area contributed by atoms with E-state index in [1.54, 1.807) is 24.3 Å². The maximum absolute atomic E-state index is 14.0. The molecule has 0 radical (unpaired) electrons. The highest BCUT2D eigenvalue weighted by molar-refractivity contribution is 6.06. The van der Waals surface area contributed by atoms with E-state index in [9.17, 15) is 19.2 Å². The van der Waals surface area contributed by atoms with Crippen LogP contribution >= 0.6 is 0 Å². The molecule has 61 heavy (non-hydrogen) atoms. The Bertz CT molecular complexity index is 2410. The average Bonchev–Trinajstić information content (AvgIpc) is 3.70. The molecule has 0 aromatic heterocycles. The molecule has 2 saturated carbocycles. The SMILES string of the molecule is CC12CCC(C(=O)Oc3ccc4c(c3)O[C@@H](c3ccc(OCCN5CCCCC5)cc3)C3=C4COc4cc(OC(=O)C56CCC(C)(OC5=O)C6(C)C)ccc43)(C(=O)O1)C2(C)C. The van der Waals surface area contributed by atoms with Gasteiger partial charge in [-0.25, -0.2) is 0 Å². The van der Waals surface area contributed by atoms with Gasteiger partial charge >= 0.3 is 23.9 Å². The highest BCUT2D eigenvalue weighted by Gasteiger charge is 2.78. The molecule has 2 aliphatic carbocycles. The third-order valence-corrected chi connectivity index (χ3v) is 16.2. The molecule has 0 N–H and O–H groups in total. The molecule has 5 fully saturated rings. The second kappa shape index (κ2) is 13.6. The van der Waals surface area contributed by atoms with Crippen LogP contribution in [-0.2, 0) is 28.7 Å². The number of likely N-dealkylation sites (tertiary alicyclic amines) is 1. The zero-order chi connectivity index (χ0) is 42.7. The largest absolute Gasteiger partial charge is 0.492 e. The van der Waals surface area contributed by atoms with Gasteiger partial charge in [-0.15, -0.1) is 0 Å². The molecule has 0 amide bonds. The van der Waals surface area contributed by atoms with E-state index in [1.165, 1.54) is 19.3 Å². The van der Waals surface area contributed by atoms with Crippen LogP contribution in [0.3, 0.4) is 0 Å². The van der Waals surface area contributed by atoms with Crippen LogP contribution in [-0.4, -0.2) is 72.8 Å². The van der Waals surface area contributed by atoms with Gasteiger partial charge in [-0.3, -0.25) is 24.1 Å². The lowest BCUT2D eigenvalue weighted by Crippen LogP contribution is -2.47. The minimum absolute atomic E-state index is 0.173. The number of benzene rings is 3. The van der Waals surface area contributed by atoms with Crippen LogP contribution in [0, 0.1) is 21.7 Å². The molecule has 3 saturated heterocycles. The smallest absolute Gasteiger partial charge is 0.329 e. The van der Waals surface area contributed by atoms with Crippen LogP contribution in [0.2, 0.25) is 0 Å². The van der Waals surface area contributed by atoms with Crippen LogP contribution < -0.4 is 23.7 Å². The monoisotopic (exact) mass is 831 g/mol. The van der Waals surface area contributed by atoms with E-state index >= 15 is 0 Å².